The van der Waals surface area contributed by atoms with Gasteiger partial charge in [0.05, 0.1) is 5.52 Å². The van der Waals surface area contributed by atoms with Crippen LogP contribution in [-0.2, 0) is 11.6 Å². The van der Waals surface area contributed by atoms with Gasteiger partial charge in [-0.25, -0.2) is 0 Å². The van der Waals surface area contributed by atoms with Gasteiger partial charge in [-0.2, -0.15) is 0 Å². The Kier molecular flexibility index (Phi) is 3.44. The molecule has 19 heavy (non-hydrogen) atoms. The predicted molar refractivity (Wildman–Crippen MR) is 82.4 cm³/mol. The topological polar surface area (TPSA) is 39.1 Å². The molecular formula is C15H20NO2P. The molecule has 2 rings (SSSR count). The summed E-state index contributed by atoms with van der Waals surface area (Å²) in [5.74, 6) is 0.280. The highest BCUT2D eigenvalue weighted by Gasteiger charge is 2.22. The number of benzene rings is 1. The maximum atomic E-state index is 12.7. The number of aromatic nitrogens is 1. The van der Waals surface area contributed by atoms with Crippen LogP contribution in [0, 0.1) is 0 Å². The van der Waals surface area contributed by atoms with Crippen molar-refractivity contribution in [1.82, 2.24) is 4.57 Å². The summed E-state index contributed by atoms with van der Waals surface area (Å²) in [5.41, 5.74) is 1.82. The Morgan fingerprint density at radius 1 is 1.11 bits per heavy atom. The van der Waals surface area contributed by atoms with Crippen LogP contribution in [-0.4, -0.2) is 17.9 Å². The number of pyridine rings is 1. The average Bonchev–Trinajstić information content (AvgIpc) is 2.31. The lowest BCUT2D eigenvalue weighted by Crippen LogP contribution is -2.23. The third kappa shape index (κ3) is 2.40. The van der Waals surface area contributed by atoms with Crippen molar-refractivity contribution >= 4 is 23.3 Å². The van der Waals surface area contributed by atoms with Crippen molar-refractivity contribution in [3.63, 3.8) is 0 Å². The summed E-state index contributed by atoms with van der Waals surface area (Å²) >= 11 is 0. The van der Waals surface area contributed by atoms with E-state index < -0.39 is 7.14 Å². The van der Waals surface area contributed by atoms with Crippen molar-refractivity contribution in [2.24, 2.45) is 7.05 Å². The molecule has 0 bridgehead atoms. The summed E-state index contributed by atoms with van der Waals surface area (Å²) < 4.78 is 14.3. The third-order valence-electron chi connectivity index (χ3n) is 3.45. The van der Waals surface area contributed by atoms with E-state index in [4.69, 9.17) is 0 Å². The molecular weight excluding hydrogens is 257 g/mol. The van der Waals surface area contributed by atoms with Gasteiger partial charge in [-0.05, 0) is 36.3 Å². The summed E-state index contributed by atoms with van der Waals surface area (Å²) in [7, 11) is -0.718. The predicted octanol–water partition coefficient (Wildman–Crippen LogP) is 2.91. The first-order valence-corrected chi connectivity index (χ1v) is 9.02. The number of hydrogen-bond donors (Lipinski definition) is 0. The second kappa shape index (κ2) is 4.64. The first-order valence-electron chi connectivity index (χ1n) is 6.41. The fraction of sp³-hybridized carbons (Fsp3) is 0.400. The standard InChI is InChI=1S/C15H20NO2P/c1-10(2)12-8-6-11-7-9-13(17)16(3)14(11)15(12)19(4,5)18/h6-10H,1-5H3. The van der Waals surface area contributed by atoms with Crippen LogP contribution in [0.25, 0.3) is 10.9 Å². The van der Waals surface area contributed by atoms with E-state index >= 15 is 0 Å². The number of aryl methyl sites for hydroxylation is 1. The summed E-state index contributed by atoms with van der Waals surface area (Å²) in [6, 6.07) is 7.40. The lowest BCUT2D eigenvalue weighted by molar-refractivity contribution is 0.588. The number of nitrogens with zero attached hydrogens (tertiary/aromatic N) is 1. The summed E-state index contributed by atoms with van der Waals surface area (Å²) in [6.45, 7) is 7.71. The average molecular weight is 277 g/mol. The van der Waals surface area contributed by atoms with E-state index in [1.54, 1.807) is 37.1 Å². The Hall–Kier alpha value is -1.34. The molecule has 0 saturated carbocycles. The third-order valence-corrected chi connectivity index (χ3v) is 4.99. The Bertz CT molecular complexity index is 738. The van der Waals surface area contributed by atoms with Crippen LogP contribution in [0.4, 0.5) is 0 Å². The lowest BCUT2D eigenvalue weighted by Gasteiger charge is -2.20. The molecule has 0 saturated heterocycles. The molecule has 0 aliphatic heterocycles. The molecule has 1 aromatic carbocycles. The first kappa shape index (κ1) is 14.1. The molecule has 0 N–H and O–H groups in total. The van der Waals surface area contributed by atoms with Crippen molar-refractivity contribution in [3.8, 4) is 0 Å². The van der Waals surface area contributed by atoms with Crippen LogP contribution in [0.15, 0.2) is 29.1 Å². The minimum atomic E-state index is -2.46. The molecule has 0 aliphatic carbocycles. The molecule has 0 unspecified atom stereocenters. The van der Waals surface area contributed by atoms with Gasteiger partial charge in [-0.3, -0.25) is 4.79 Å². The summed E-state index contributed by atoms with van der Waals surface area (Å²) in [5, 5.41) is 1.81. The maximum absolute atomic E-state index is 12.7. The molecule has 3 nitrogen and oxygen atoms in total. The smallest absolute Gasteiger partial charge is 0.250 e. The zero-order chi connectivity index (χ0) is 14.4. The lowest BCUT2D eigenvalue weighted by atomic mass is 10.0. The van der Waals surface area contributed by atoms with Gasteiger partial charge in [0.1, 0.15) is 7.14 Å². The molecule has 1 aromatic heterocycles. The molecule has 0 radical (unpaired) electrons. The van der Waals surface area contributed by atoms with Crippen molar-refractivity contribution in [3.05, 3.63) is 40.2 Å². The van der Waals surface area contributed by atoms with E-state index in [0.717, 1.165) is 21.8 Å². The minimum Gasteiger partial charge on any atom is -0.319 e. The SMILES string of the molecule is CC(C)c1ccc2ccc(=O)n(C)c2c1P(C)(C)=O. The molecule has 0 aliphatic rings. The largest absolute Gasteiger partial charge is 0.319 e. The first-order chi connectivity index (χ1) is 8.73. The highest BCUT2D eigenvalue weighted by atomic mass is 31.2. The van der Waals surface area contributed by atoms with Gasteiger partial charge >= 0.3 is 0 Å². The van der Waals surface area contributed by atoms with Crippen LogP contribution < -0.4 is 10.9 Å². The van der Waals surface area contributed by atoms with Crippen LogP contribution in [0.2, 0.25) is 0 Å². The fourth-order valence-electron chi connectivity index (χ4n) is 2.51. The van der Waals surface area contributed by atoms with E-state index in [1.807, 2.05) is 12.1 Å². The Labute approximate surface area is 113 Å². The van der Waals surface area contributed by atoms with Gasteiger partial charge in [0.15, 0.2) is 0 Å². The molecule has 0 amide bonds. The number of fused-ring (bicyclic) bond motifs is 1. The monoisotopic (exact) mass is 277 g/mol. The molecule has 0 spiro atoms. The van der Waals surface area contributed by atoms with Gasteiger partial charge in [-0.15, -0.1) is 0 Å². The van der Waals surface area contributed by atoms with Gasteiger partial charge in [0.25, 0.3) is 5.56 Å². The van der Waals surface area contributed by atoms with E-state index in [-0.39, 0.29) is 11.5 Å². The summed E-state index contributed by atoms with van der Waals surface area (Å²) in [6.07, 6.45) is 0. The van der Waals surface area contributed by atoms with Gasteiger partial charge < -0.3 is 9.13 Å². The van der Waals surface area contributed by atoms with E-state index in [1.165, 1.54) is 0 Å². The highest BCUT2D eigenvalue weighted by Crippen LogP contribution is 2.40. The zero-order valence-electron chi connectivity index (χ0n) is 12.1. The minimum absolute atomic E-state index is 0.0666. The normalized spacial score (nSPS) is 12.3. The van der Waals surface area contributed by atoms with E-state index in [0.29, 0.717) is 0 Å². The Morgan fingerprint density at radius 2 is 1.68 bits per heavy atom. The summed E-state index contributed by atoms with van der Waals surface area (Å²) in [4.78, 5) is 11.9. The Morgan fingerprint density at radius 3 is 2.21 bits per heavy atom. The van der Waals surface area contributed by atoms with Crippen LogP contribution in [0.1, 0.15) is 25.3 Å². The van der Waals surface area contributed by atoms with E-state index in [2.05, 4.69) is 13.8 Å². The van der Waals surface area contributed by atoms with Gasteiger partial charge in [0.2, 0.25) is 0 Å². The van der Waals surface area contributed by atoms with Crippen molar-refractivity contribution in [2.75, 3.05) is 13.3 Å². The maximum Gasteiger partial charge on any atom is 0.250 e. The zero-order valence-corrected chi connectivity index (χ0v) is 13.0. The second-order valence-corrected chi connectivity index (χ2v) is 8.83. The van der Waals surface area contributed by atoms with Crippen molar-refractivity contribution < 1.29 is 4.57 Å². The molecule has 2 aromatic rings. The number of hydrogen-bond acceptors (Lipinski definition) is 2. The molecule has 0 atom stereocenters. The van der Waals surface area contributed by atoms with Gasteiger partial charge in [-0.1, -0.05) is 26.0 Å². The molecule has 1 heterocycles. The Balaban J connectivity index is 3.08. The van der Waals surface area contributed by atoms with Crippen LogP contribution >= 0.6 is 7.14 Å². The van der Waals surface area contributed by atoms with Crippen molar-refractivity contribution in [2.45, 2.75) is 19.8 Å². The van der Waals surface area contributed by atoms with Crippen LogP contribution in [0.3, 0.4) is 0 Å². The number of rotatable bonds is 2. The fourth-order valence-corrected chi connectivity index (χ4v) is 4.26. The van der Waals surface area contributed by atoms with Crippen molar-refractivity contribution in [1.29, 1.82) is 0 Å². The molecule has 102 valence electrons. The molecule has 0 fully saturated rings. The quantitative estimate of drug-likeness (QED) is 0.792. The van der Waals surface area contributed by atoms with Crippen LogP contribution in [0.5, 0.6) is 0 Å². The molecule has 4 heteroatoms. The van der Waals surface area contributed by atoms with Gasteiger partial charge in [0, 0.05) is 18.4 Å². The second-order valence-electron chi connectivity index (χ2n) is 5.68. The highest BCUT2D eigenvalue weighted by molar-refractivity contribution is 7.70. The van der Waals surface area contributed by atoms with E-state index in [9.17, 15) is 9.36 Å².